The van der Waals surface area contributed by atoms with Gasteiger partial charge in [0.1, 0.15) is 0 Å². The van der Waals surface area contributed by atoms with Crippen LogP contribution in [0.4, 0.5) is 0 Å². The van der Waals surface area contributed by atoms with Gasteiger partial charge in [0.2, 0.25) is 0 Å². The van der Waals surface area contributed by atoms with Crippen LogP contribution in [0.1, 0.15) is 27.2 Å². The summed E-state index contributed by atoms with van der Waals surface area (Å²) < 4.78 is 4.15. The molecule has 0 atom stereocenters. The molecule has 62 valence electrons. The van der Waals surface area contributed by atoms with Crippen LogP contribution in [0.15, 0.2) is 11.1 Å². The van der Waals surface area contributed by atoms with E-state index in [1.54, 1.807) is 6.92 Å². The maximum atomic E-state index is 10.8. The zero-order chi connectivity index (χ0) is 8.85. The van der Waals surface area contributed by atoms with E-state index in [0.717, 1.165) is 12.0 Å². The molecule has 0 saturated carbocycles. The molecule has 0 rings (SSSR count). The van der Waals surface area contributed by atoms with Crippen molar-refractivity contribution in [1.82, 2.24) is 0 Å². The number of esters is 1. The molecule has 0 aromatic carbocycles. The average molecular weight is 156 g/mol. The normalized spacial score (nSPS) is 11.9. The third-order valence-electron chi connectivity index (χ3n) is 1.63. The molecule has 3 nitrogen and oxygen atoms in total. The van der Waals surface area contributed by atoms with Crippen molar-refractivity contribution in [2.45, 2.75) is 27.2 Å². The van der Waals surface area contributed by atoms with Crippen molar-refractivity contribution >= 4 is 12.4 Å². The molecule has 0 aliphatic rings. The lowest BCUT2D eigenvalue weighted by atomic mass is 10.1. The molecule has 0 aromatic rings. The van der Waals surface area contributed by atoms with Crippen LogP contribution in [-0.4, -0.2) is 12.4 Å². The number of hydrogen-bond donors (Lipinski definition) is 0. The monoisotopic (exact) mass is 156 g/mol. The quantitative estimate of drug-likeness (QED) is 0.269. The first kappa shape index (κ1) is 9.88. The summed E-state index contributed by atoms with van der Waals surface area (Å²) in [6, 6.07) is 0. The third kappa shape index (κ3) is 2.98. The average Bonchev–Trinajstić information content (AvgIpc) is 2.02. The summed E-state index contributed by atoms with van der Waals surface area (Å²) in [6.07, 6.45) is 0.791. The van der Waals surface area contributed by atoms with Gasteiger partial charge in [0.25, 0.3) is 0 Å². The van der Waals surface area contributed by atoms with Gasteiger partial charge in [-0.05, 0) is 20.3 Å². The van der Waals surface area contributed by atoms with Crippen molar-refractivity contribution in [1.29, 1.82) is 0 Å². The van der Waals surface area contributed by atoms with Crippen LogP contribution in [0.3, 0.4) is 0 Å². The van der Waals surface area contributed by atoms with Gasteiger partial charge < -0.3 is 4.74 Å². The highest BCUT2D eigenvalue weighted by Crippen LogP contribution is 2.07. The minimum atomic E-state index is -0.556. The van der Waals surface area contributed by atoms with E-state index in [-0.39, 0.29) is 6.47 Å². The molecule has 0 aliphatic heterocycles. The second kappa shape index (κ2) is 4.66. The Morgan fingerprint density at radius 2 is 2.00 bits per heavy atom. The van der Waals surface area contributed by atoms with Crippen LogP contribution >= 0.6 is 0 Å². The summed E-state index contributed by atoms with van der Waals surface area (Å²) in [5.74, 6) is -0.556. The van der Waals surface area contributed by atoms with Crippen molar-refractivity contribution < 1.29 is 14.3 Å². The summed E-state index contributed by atoms with van der Waals surface area (Å²) in [4.78, 5) is 20.6. The summed E-state index contributed by atoms with van der Waals surface area (Å²) >= 11 is 0. The van der Waals surface area contributed by atoms with Crippen molar-refractivity contribution in [2.24, 2.45) is 0 Å². The standard InChI is InChI=1S/C8H12O3/c1-4-6(2)7(3)8(10)11-5-9/h5H,4H2,1-3H3. The fourth-order valence-corrected chi connectivity index (χ4v) is 0.571. The molecule has 0 fully saturated rings. The van der Waals surface area contributed by atoms with Gasteiger partial charge >= 0.3 is 12.4 Å². The summed E-state index contributed by atoms with van der Waals surface area (Å²) in [5, 5.41) is 0. The smallest absolute Gasteiger partial charge is 0.341 e. The molecule has 0 heterocycles. The highest BCUT2D eigenvalue weighted by Gasteiger charge is 2.06. The van der Waals surface area contributed by atoms with Crippen LogP contribution < -0.4 is 0 Å². The van der Waals surface area contributed by atoms with E-state index in [9.17, 15) is 9.59 Å². The van der Waals surface area contributed by atoms with Gasteiger partial charge in [0.05, 0.1) is 0 Å². The second-order valence-corrected chi connectivity index (χ2v) is 2.26. The number of hydrogen-bond acceptors (Lipinski definition) is 3. The Kier molecular flexibility index (Phi) is 4.18. The van der Waals surface area contributed by atoms with Crippen molar-refractivity contribution in [3.8, 4) is 0 Å². The number of carbonyl (C=O) groups is 2. The molecular weight excluding hydrogens is 144 g/mol. The molecule has 11 heavy (non-hydrogen) atoms. The Hall–Kier alpha value is -1.12. The highest BCUT2D eigenvalue weighted by molar-refractivity contribution is 5.92. The maximum Gasteiger partial charge on any atom is 0.341 e. The van der Waals surface area contributed by atoms with E-state index in [1.165, 1.54) is 0 Å². The zero-order valence-corrected chi connectivity index (χ0v) is 7.01. The third-order valence-corrected chi connectivity index (χ3v) is 1.63. The lowest BCUT2D eigenvalue weighted by Gasteiger charge is -2.00. The largest absolute Gasteiger partial charge is 0.392 e. The van der Waals surface area contributed by atoms with Gasteiger partial charge in [-0.15, -0.1) is 0 Å². The molecule has 0 N–H and O–H groups in total. The second-order valence-electron chi connectivity index (χ2n) is 2.26. The molecular formula is C8H12O3. The number of allylic oxidation sites excluding steroid dienone is 1. The van der Waals surface area contributed by atoms with E-state index < -0.39 is 5.97 Å². The Labute approximate surface area is 66.0 Å². The van der Waals surface area contributed by atoms with Gasteiger partial charge in [-0.2, -0.15) is 0 Å². The molecule has 0 bridgehead atoms. The molecule has 3 heteroatoms. The molecule has 0 saturated heterocycles. The minimum absolute atomic E-state index is 0.148. The number of carbonyl (C=O) groups excluding carboxylic acids is 2. The van der Waals surface area contributed by atoms with E-state index in [2.05, 4.69) is 4.74 Å². The van der Waals surface area contributed by atoms with Gasteiger partial charge in [0.15, 0.2) is 0 Å². The van der Waals surface area contributed by atoms with E-state index >= 15 is 0 Å². The number of rotatable bonds is 3. The Balaban J connectivity index is 4.33. The molecule has 0 aromatic heterocycles. The summed E-state index contributed by atoms with van der Waals surface area (Å²) in [5.41, 5.74) is 1.46. The summed E-state index contributed by atoms with van der Waals surface area (Å²) in [6.45, 7) is 5.56. The van der Waals surface area contributed by atoms with Crippen LogP contribution in [0.2, 0.25) is 0 Å². The van der Waals surface area contributed by atoms with Crippen molar-refractivity contribution in [2.75, 3.05) is 0 Å². The fourth-order valence-electron chi connectivity index (χ4n) is 0.571. The highest BCUT2D eigenvalue weighted by atomic mass is 16.6. The van der Waals surface area contributed by atoms with E-state index in [0.29, 0.717) is 5.57 Å². The van der Waals surface area contributed by atoms with Crippen LogP contribution in [-0.2, 0) is 14.3 Å². The Morgan fingerprint density at radius 1 is 1.45 bits per heavy atom. The predicted octanol–water partition coefficient (Wildman–Crippen LogP) is 1.43. The van der Waals surface area contributed by atoms with Crippen molar-refractivity contribution in [3.63, 3.8) is 0 Å². The van der Waals surface area contributed by atoms with E-state index in [1.807, 2.05) is 13.8 Å². The molecule has 0 spiro atoms. The van der Waals surface area contributed by atoms with E-state index in [4.69, 9.17) is 0 Å². The lowest BCUT2D eigenvalue weighted by Crippen LogP contribution is -2.05. The van der Waals surface area contributed by atoms with Crippen LogP contribution in [0.25, 0.3) is 0 Å². The van der Waals surface area contributed by atoms with Gasteiger partial charge in [-0.3, -0.25) is 4.79 Å². The van der Waals surface area contributed by atoms with Gasteiger partial charge in [-0.1, -0.05) is 12.5 Å². The topological polar surface area (TPSA) is 43.4 Å². The SMILES string of the molecule is CCC(C)=C(C)C(=O)OC=O. The van der Waals surface area contributed by atoms with Crippen LogP contribution in [0, 0.1) is 0 Å². The first-order chi connectivity index (χ1) is 5.13. The van der Waals surface area contributed by atoms with Crippen LogP contribution in [0.5, 0.6) is 0 Å². The molecule has 0 radical (unpaired) electrons. The lowest BCUT2D eigenvalue weighted by molar-refractivity contribution is -0.148. The van der Waals surface area contributed by atoms with Crippen molar-refractivity contribution in [3.05, 3.63) is 11.1 Å². The molecule has 0 amide bonds. The first-order valence-electron chi connectivity index (χ1n) is 3.44. The van der Waals surface area contributed by atoms with Gasteiger partial charge in [-0.25, -0.2) is 4.79 Å². The Morgan fingerprint density at radius 3 is 2.36 bits per heavy atom. The minimum Gasteiger partial charge on any atom is -0.392 e. The first-order valence-corrected chi connectivity index (χ1v) is 3.44. The Bertz CT molecular complexity index is 192. The predicted molar refractivity (Wildman–Crippen MR) is 40.8 cm³/mol. The summed E-state index contributed by atoms with van der Waals surface area (Å²) in [7, 11) is 0. The molecule has 0 aliphatic carbocycles. The number of ether oxygens (including phenoxy) is 1. The zero-order valence-electron chi connectivity index (χ0n) is 7.01. The van der Waals surface area contributed by atoms with Gasteiger partial charge in [0, 0.05) is 5.57 Å². The fraction of sp³-hybridized carbons (Fsp3) is 0.500. The maximum absolute atomic E-state index is 10.8. The molecule has 0 unspecified atom stereocenters.